The van der Waals surface area contributed by atoms with Crippen molar-refractivity contribution < 1.29 is 24.1 Å². The summed E-state index contributed by atoms with van der Waals surface area (Å²) in [6.07, 6.45) is 0.663. The average Bonchev–Trinajstić information content (AvgIpc) is 3.19. The quantitative estimate of drug-likeness (QED) is 0.277. The Morgan fingerprint density at radius 1 is 1.26 bits per heavy atom. The van der Waals surface area contributed by atoms with Gasteiger partial charge in [-0.2, -0.15) is 0 Å². The first-order valence-electron chi connectivity index (χ1n) is 9.62. The van der Waals surface area contributed by atoms with Gasteiger partial charge in [-0.15, -0.1) is 0 Å². The van der Waals surface area contributed by atoms with Crippen LogP contribution < -0.4 is 10.8 Å². The second kappa shape index (κ2) is 9.91. The van der Waals surface area contributed by atoms with E-state index in [0.29, 0.717) is 12.0 Å². The van der Waals surface area contributed by atoms with Crippen LogP contribution in [0.2, 0.25) is 0 Å². The van der Waals surface area contributed by atoms with Crippen molar-refractivity contribution in [2.75, 3.05) is 14.1 Å². The maximum atomic E-state index is 12.8. The molecule has 1 aromatic carbocycles. The monoisotopic (exact) mass is 426 g/mol. The van der Waals surface area contributed by atoms with E-state index in [4.69, 9.17) is 9.73 Å². The van der Waals surface area contributed by atoms with E-state index < -0.39 is 23.3 Å². The number of nitrogens with one attached hydrogen (secondary N) is 2. The summed E-state index contributed by atoms with van der Waals surface area (Å²) >= 11 is 0. The Morgan fingerprint density at radius 2 is 1.90 bits per heavy atom. The second-order valence-corrected chi connectivity index (χ2v) is 7.34. The third-order valence-electron chi connectivity index (χ3n) is 4.98. The van der Waals surface area contributed by atoms with Crippen LogP contribution in [-0.4, -0.2) is 52.6 Å². The van der Waals surface area contributed by atoms with Crippen LogP contribution in [-0.2, 0) is 16.0 Å². The lowest BCUT2D eigenvalue weighted by Gasteiger charge is -2.34. The van der Waals surface area contributed by atoms with E-state index in [9.17, 15) is 14.4 Å². The fourth-order valence-electron chi connectivity index (χ4n) is 2.94. The van der Waals surface area contributed by atoms with Gasteiger partial charge >= 0.3 is 0 Å². The SMILES string of the molecule is CNC(=O)[C@@](C)(C(=O)NO)N(C)C(=O)c1ccc(C#CC(C)Cc2cc(C)on2)cc1. The van der Waals surface area contributed by atoms with Gasteiger partial charge in [-0.1, -0.05) is 23.9 Å². The molecule has 2 atom stereocenters. The van der Waals surface area contributed by atoms with Gasteiger partial charge in [0.05, 0.1) is 5.69 Å². The van der Waals surface area contributed by atoms with Crippen LogP contribution in [0.25, 0.3) is 0 Å². The molecule has 0 fully saturated rings. The molecule has 1 unspecified atom stereocenters. The molecule has 0 aliphatic carbocycles. The van der Waals surface area contributed by atoms with Crippen molar-refractivity contribution in [2.24, 2.45) is 5.92 Å². The molecule has 0 saturated carbocycles. The number of benzene rings is 1. The molecule has 0 saturated heterocycles. The molecule has 0 aliphatic rings. The third-order valence-corrected chi connectivity index (χ3v) is 4.98. The minimum atomic E-state index is -1.94. The van der Waals surface area contributed by atoms with Crippen LogP contribution in [0, 0.1) is 24.7 Å². The zero-order valence-corrected chi connectivity index (χ0v) is 18.1. The summed E-state index contributed by atoms with van der Waals surface area (Å²) in [4.78, 5) is 38.2. The van der Waals surface area contributed by atoms with Crippen molar-refractivity contribution in [3.05, 3.63) is 52.9 Å². The van der Waals surface area contributed by atoms with Gasteiger partial charge in [0.1, 0.15) is 5.76 Å². The molecule has 9 heteroatoms. The summed E-state index contributed by atoms with van der Waals surface area (Å²) in [6, 6.07) is 8.37. The maximum Gasteiger partial charge on any atom is 0.278 e. The van der Waals surface area contributed by atoms with E-state index in [1.54, 1.807) is 24.3 Å². The van der Waals surface area contributed by atoms with Gasteiger partial charge in [-0.3, -0.25) is 19.6 Å². The summed E-state index contributed by atoms with van der Waals surface area (Å²) in [5.41, 5.74) is 1.32. The Balaban J connectivity index is 2.14. The Hall–Kier alpha value is -3.64. The fraction of sp³-hybridized carbons (Fsp3) is 0.364. The van der Waals surface area contributed by atoms with Crippen molar-refractivity contribution in [3.8, 4) is 11.8 Å². The molecule has 3 N–H and O–H groups in total. The molecule has 0 spiro atoms. The number of hydrogen-bond donors (Lipinski definition) is 3. The Labute approximate surface area is 180 Å². The fourth-order valence-corrected chi connectivity index (χ4v) is 2.94. The lowest BCUT2D eigenvalue weighted by molar-refractivity contribution is -0.148. The molecule has 2 aromatic rings. The predicted molar refractivity (Wildman–Crippen MR) is 112 cm³/mol. The van der Waals surface area contributed by atoms with E-state index in [2.05, 4.69) is 22.3 Å². The number of hydrogen-bond acceptors (Lipinski definition) is 6. The first-order valence-corrected chi connectivity index (χ1v) is 9.62. The smallest absolute Gasteiger partial charge is 0.278 e. The van der Waals surface area contributed by atoms with Crippen LogP contribution in [0.1, 0.15) is 41.2 Å². The molecular weight excluding hydrogens is 400 g/mol. The van der Waals surface area contributed by atoms with Gasteiger partial charge in [0.15, 0.2) is 5.54 Å². The summed E-state index contributed by atoms with van der Waals surface area (Å²) in [5, 5.41) is 15.3. The second-order valence-electron chi connectivity index (χ2n) is 7.34. The van der Waals surface area contributed by atoms with Crippen molar-refractivity contribution in [3.63, 3.8) is 0 Å². The molecule has 1 aromatic heterocycles. The average molecular weight is 426 g/mol. The summed E-state index contributed by atoms with van der Waals surface area (Å²) in [6.45, 7) is 5.06. The standard InChI is InChI=1S/C22H26N4O5/c1-14(12-18-13-15(2)31-25-18)6-7-16-8-10-17(11-9-16)19(27)26(5)22(3,20(28)23-4)21(29)24-30/h8-11,13-14,30H,12H2,1-5H3,(H,23,28)(H,24,29)/t14?,22-/m0/s1. The molecule has 31 heavy (non-hydrogen) atoms. The first-order chi connectivity index (χ1) is 14.6. The predicted octanol–water partition coefficient (Wildman–Crippen LogP) is 1.30. The van der Waals surface area contributed by atoms with Gasteiger partial charge in [0, 0.05) is 43.6 Å². The van der Waals surface area contributed by atoms with Crippen LogP contribution in [0.4, 0.5) is 0 Å². The molecule has 9 nitrogen and oxygen atoms in total. The van der Waals surface area contributed by atoms with E-state index in [1.165, 1.54) is 26.5 Å². The third kappa shape index (κ3) is 5.29. The number of likely N-dealkylation sites (N-methyl/N-ethyl adjacent to an activating group) is 2. The van der Waals surface area contributed by atoms with Crippen LogP contribution in [0.5, 0.6) is 0 Å². The minimum Gasteiger partial charge on any atom is -0.361 e. The molecule has 3 amide bonds. The number of nitrogens with zero attached hydrogens (tertiary/aromatic N) is 2. The highest BCUT2D eigenvalue weighted by Gasteiger charge is 2.47. The lowest BCUT2D eigenvalue weighted by atomic mass is 9.96. The van der Waals surface area contributed by atoms with Crippen molar-refractivity contribution in [2.45, 2.75) is 32.7 Å². The minimum absolute atomic E-state index is 0.0576. The van der Waals surface area contributed by atoms with E-state index in [-0.39, 0.29) is 11.5 Å². The topological polar surface area (TPSA) is 125 Å². The van der Waals surface area contributed by atoms with Crippen LogP contribution >= 0.6 is 0 Å². The highest BCUT2D eigenvalue weighted by atomic mass is 16.5. The van der Waals surface area contributed by atoms with Gasteiger partial charge in [-0.25, -0.2) is 5.48 Å². The van der Waals surface area contributed by atoms with Gasteiger partial charge in [0.25, 0.3) is 17.7 Å². The molecule has 1 heterocycles. The van der Waals surface area contributed by atoms with E-state index >= 15 is 0 Å². The Kier molecular flexibility index (Phi) is 7.56. The van der Waals surface area contributed by atoms with Crippen molar-refractivity contribution in [1.82, 2.24) is 20.9 Å². The molecule has 164 valence electrons. The van der Waals surface area contributed by atoms with Gasteiger partial charge < -0.3 is 14.7 Å². The molecule has 2 rings (SSSR count). The Morgan fingerprint density at radius 3 is 2.42 bits per heavy atom. The van der Waals surface area contributed by atoms with Crippen LogP contribution in [0.15, 0.2) is 34.9 Å². The number of amides is 3. The van der Waals surface area contributed by atoms with Gasteiger partial charge in [0.2, 0.25) is 0 Å². The number of rotatable bonds is 6. The first kappa shape index (κ1) is 23.6. The number of carbonyl (C=O) groups is 3. The van der Waals surface area contributed by atoms with Crippen molar-refractivity contribution >= 4 is 17.7 Å². The van der Waals surface area contributed by atoms with E-state index in [0.717, 1.165) is 16.4 Å². The molecule has 0 aliphatic heterocycles. The largest absolute Gasteiger partial charge is 0.361 e. The highest BCUT2D eigenvalue weighted by Crippen LogP contribution is 2.18. The summed E-state index contributed by atoms with van der Waals surface area (Å²) < 4.78 is 5.05. The number of aromatic nitrogens is 1. The van der Waals surface area contributed by atoms with E-state index in [1.807, 2.05) is 19.9 Å². The number of carbonyl (C=O) groups excluding carboxylic acids is 3. The number of aryl methyl sites for hydroxylation is 1. The number of hydroxylamine groups is 1. The van der Waals surface area contributed by atoms with Crippen molar-refractivity contribution in [1.29, 1.82) is 0 Å². The molecular formula is C22H26N4O5. The highest BCUT2D eigenvalue weighted by molar-refractivity contribution is 6.12. The lowest BCUT2D eigenvalue weighted by Crippen LogP contribution is -2.64. The molecule has 0 bridgehead atoms. The molecule has 0 radical (unpaired) electrons. The summed E-state index contributed by atoms with van der Waals surface area (Å²) in [5.74, 6) is 4.67. The Bertz CT molecular complexity index is 1000. The zero-order chi connectivity index (χ0) is 23.2. The summed E-state index contributed by atoms with van der Waals surface area (Å²) in [7, 11) is 2.65. The maximum absolute atomic E-state index is 12.8. The zero-order valence-electron chi connectivity index (χ0n) is 18.1. The van der Waals surface area contributed by atoms with Crippen LogP contribution in [0.3, 0.4) is 0 Å². The normalized spacial score (nSPS) is 13.2. The van der Waals surface area contributed by atoms with Gasteiger partial charge in [-0.05, 0) is 38.1 Å².